The zero-order valence-electron chi connectivity index (χ0n) is 11.9. The smallest absolute Gasteiger partial charge is 0.0359 e. The fourth-order valence-corrected chi connectivity index (χ4v) is 3.42. The van der Waals surface area contributed by atoms with Crippen LogP contribution in [0.4, 0.5) is 0 Å². The average molecular weight is 246 g/mol. The highest BCUT2D eigenvalue weighted by Gasteiger charge is 2.44. The molecule has 1 aromatic rings. The number of hydrogen-bond acceptors (Lipinski definition) is 2. The van der Waals surface area contributed by atoms with Crippen molar-refractivity contribution >= 4 is 0 Å². The molecule has 100 valence electrons. The van der Waals surface area contributed by atoms with Crippen molar-refractivity contribution in [1.82, 2.24) is 5.32 Å². The molecule has 18 heavy (non-hydrogen) atoms. The number of aryl methyl sites for hydroxylation is 1. The van der Waals surface area contributed by atoms with E-state index in [9.17, 15) is 0 Å². The molecule has 1 aromatic carbocycles. The summed E-state index contributed by atoms with van der Waals surface area (Å²) in [4.78, 5) is 0. The van der Waals surface area contributed by atoms with E-state index in [-0.39, 0.29) is 6.04 Å². The van der Waals surface area contributed by atoms with E-state index in [1.165, 1.54) is 36.0 Å². The van der Waals surface area contributed by atoms with Gasteiger partial charge in [0.2, 0.25) is 0 Å². The van der Waals surface area contributed by atoms with Crippen LogP contribution in [0.25, 0.3) is 0 Å². The van der Waals surface area contributed by atoms with Gasteiger partial charge in [0.1, 0.15) is 0 Å². The molecule has 0 amide bonds. The van der Waals surface area contributed by atoms with Crippen LogP contribution in [-0.4, -0.2) is 13.1 Å². The SMILES string of the molecule is CC.Cc1ccc2c(c1)CC1(CCNCC1)[C@H]2N. The third kappa shape index (κ3) is 2.19. The zero-order chi connectivity index (χ0) is 13.2. The van der Waals surface area contributed by atoms with E-state index in [1.807, 2.05) is 13.8 Å². The lowest BCUT2D eigenvalue weighted by Crippen LogP contribution is -2.41. The monoisotopic (exact) mass is 246 g/mol. The normalized spacial score (nSPS) is 24.3. The summed E-state index contributed by atoms with van der Waals surface area (Å²) in [5, 5.41) is 3.44. The summed E-state index contributed by atoms with van der Waals surface area (Å²) in [7, 11) is 0. The molecule has 2 heteroatoms. The van der Waals surface area contributed by atoms with Gasteiger partial charge in [-0.15, -0.1) is 0 Å². The van der Waals surface area contributed by atoms with Crippen LogP contribution in [0.5, 0.6) is 0 Å². The maximum Gasteiger partial charge on any atom is 0.0359 e. The van der Waals surface area contributed by atoms with Gasteiger partial charge in [0.25, 0.3) is 0 Å². The molecule has 0 aromatic heterocycles. The Labute approximate surface area is 111 Å². The van der Waals surface area contributed by atoms with Crippen LogP contribution < -0.4 is 11.1 Å². The summed E-state index contributed by atoms with van der Waals surface area (Å²) < 4.78 is 0. The van der Waals surface area contributed by atoms with E-state index >= 15 is 0 Å². The van der Waals surface area contributed by atoms with Gasteiger partial charge in [-0.25, -0.2) is 0 Å². The molecule has 1 spiro atoms. The topological polar surface area (TPSA) is 38.0 Å². The molecule has 0 bridgehead atoms. The molecule has 0 saturated carbocycles. The minimum absolute atomic E-state index is 0.255. The largest absolute Gasteiger partial charge is 0.323 e. The minimum Gasteiger partial charge on any atom is -0.323 e. The first kappa shape index (κ1) is 13.6. The Morgan fingerprint density at radius 3 is 2.56 bits per heavy atom. The van der Waals surface area contributed by atoms with E-state index in [0.29, 0.717) is 5.41 Å². The van der Waals surface area contributed by atoms with Crippen molar-refractivity contribution in [3.63, 3.8) is 0 Å². The van der Waals surface area contributed by atoms with Crippen LogP contribution in [0, 0.1) is 12.3 Å². The first-order chi connectivity index (χ1) is 8.71. The van der Waals surface area contributed by atoms with E-state index in [2.05, 4.69) is 30.4 Å². The number of hydrogen-bond donors (Lipinski definition) is 2. The van der Waals surface area contributed by atoms with Gasteiger partial charge in [-0.05, 0) is 55.8 Å². The van der Waals surface area contributed by atoms with Crippen molar-refractivity contribution in [3.8, 4) is 0 Å². The third-order valence-corrected chi connectivity index (χ3v) is 4.44. The number of fused-ring (bicyclic) bond motifs is 1. The fourth-order valence-electron chi connectivity index (χ4n) is 3.42. The van der Waals surface area contributed by atoms with Crippen LogP contribution in [0.3, 0.4) is 0 Å². The first-order valence-electron chi connectivity index (χ1n) is 7.27. The quantitative estimate of drug-likeness (QED) is 0.738. The molecule has 0 unspecified atom stereocenters. The second kappa shape index (κ2) is 5.41. The van der Waals surface area contributed by atoms with Gasteiger partial charge in [-0.3, -0.25) is 0 Å². The van der Waals surface area contributed by atoms with Crippen molar-refractivity contribution in [2.45, 2.75) is 46.1 Å². The Balaban J connectivity index is 0.000000574. The van der Waals surface area contributed by atoms with Gasteiger partial charge < -0.3 is 11.1 Å². The highest BCUT2D eigenvalue weighted by atomic mass is 14.9. The van der Waals surface area contributed by atoms with E-state index < -0.39 is 0 Å². The summed E-state index contributed by atoms with van der Waals surface area (Å²) in [6.45, 7) is 8.42. The van der Waals surface area contributed by atoms with Gasteiger partial charge in [-0.2, -0.15) is 0 Å². The third-order valence-electron chi connectivity index (χ3n) is 4.44. The van der Waals surface area contributed by atoms with Crippen molar-refractivity contribution < 1.29 is 0 Å². The van der Waals surface area contributed by atoms with Crippen LogP contribution in [-0.2, 0) is 6.42 Å². The first-order valence-corrected chi connectivity index (χ1v) is 7.27. The van der Waals surface area contributed by atoms with Crippen molar-refractivity contribution in [2.24, 2.45) is 11.1 Å². The van der Waals surface area contributed by atoms with E-state index in [0.717, 1.165) is 13.1 Å². The molecule has 1 saturated heterocycles. The summed E-state index contributed by atoms with van der Waals surface area (Å²) in [5.74, 6) is 0. The van der Waals surface area contributed by atoms with Gasteiger partial charge in [0.15, 0.2) is 0 Å². The summed E-state index contributed by atoms with van der Waals surface area (Å²) in [5.41, 5.74) is 11.1. The molecule has 1 aliphatic carbocycles. The van der Waals surface area contributed by atoms with Gasteiger partial charge in [0, 0.05) is 6.04 Å². The Hall–Kier alpha value is -0.860. The molecule has 2 aliphatic rings. The van der Waals surface area contributed by atoms with Gasteiger partial charge >= 0.3 is 0 Å². The Morgan fingerprint density at radius 2 is 1.89 bits per heavy atom. The summed E-state index contributed by atoms with van der Waals surface area (Å²) in [6, 6.07) is 7.02. The van der Waals surface area contributed by atoms with E-state index in [1.54, 1.807) is 0 Å². The zero-order valence-corrected chi connectivity index (χ0v) is 11.9. The lowest BCUT2D eigenvalue weighted by Gasteiger charge is -2.37. The molecule has 3 N–H and O–H groups in total. The molecule has 1 heterocycles. The maximum absolute atomic E-state index is 6.48. The van der Waals surface area contributed by atoms with Crippen LogP contribution in [0.1, 0.15) is 49.4 Å². The number of rotatable bonds is 0. The number of nitrogens with two attached hydrogens (primary N) is 1. The Bertz CT molecular complexity index is 406. The number of benzene rings is 1. The lowest BCUT2D eigenvalue weighted by atomic mass is 9.73. The fraction of sp³-hybridized carbons (Fsp3) is 0.625. The second-order valence-corrected chi connectivity index (χ2v) is 5.47. The molecule has 0 radical (unpaired) electrons. The lowest BCUT2D eigenvalue weighted by molar-refractivity contribution is 0.174. The van der Waals surface area contributed by atoms with Gasteiger partial charge in [0.05, 0.1) is 0 Å². The number of nitrogens with one attached hydrogen (secondary N) is 1. The molecule has 1 aliphatic heterocycles. The molecular formula is C16H26N2. The summed E-state index contributed by atoms with van der Waals surface area (Å²) >= 11 is 0. The number of piperidine rings is 1. The highest BCUT2D eigenvalue weighted by molar-refractivity contribution is 5.40. The van der Waals surface area contributed by atoms with Crippen molar-refractivity contribution in [1.29, 1.82) is 0 Å². The molecule has 3 rings (SSSR count). The summed E-state index contributed by atoms with van der Waals surface area (Å²) in [6.07, 6.45) is 3.64. The average Bonchev–Trinajstić information content (AvgIpc) is 2.65. The molecular weight excluding hydrogens is 220 g/mol. The Morgan fingerprint density at radius 1 is 1.22 bits per heavy atom. The second-order valence-electron chi connectivity index (χ2n) is 5.47. The van der Waals surface area contributed by atoms with E-state index in [4.69, 9.17) is 5.73 Å². The van der Waals surface area contributed by atoms with Gasteiger partial charge in [-0.1, -0.05) is 37.6 Å². The molecule has 1 atom stereocenters. The predicted octanol–water partition coefficient (Wildman–Crippen LogP) is 2.95. The standard InChI is InChI=1S/C14H20N2.C2H6/c1-10-2-3-12-11(8-10)9-14(13(12)15)4-6-16-7-5-14;1-2/h2-3,8,13,16H,4-7,9,15H2,1H3;1-2H3/t13-;/m0./s1. The highest BCUT2D eigenvalue weighted by Crippen LogP contribution is 2.49. The molecule has 1 fully saturated rings. The van der Waals surface area contributed by atoms with Crippen molar-refractivity contribution in [3.05, 3.63) is 34.9 Å². The minimum atomic E-state index is 0.255. The predicted molar refractivity (Wildman–Crippen MR) is 77.7 cm³/mol. The van der Waals surface area contributed by atoms with Crippen molar-refractivity contribution in [2.75, 3.05) is 13.1 Å². The maximum atomic E-state index is 6.48. The van der Waals surface area contributed by atoms with Crippen LogP contribution >= 0.6 is 0 Å². The van der Waals surface area contributed by atoms with Crippen LogP contribution in [0.2, 0.25) is 0 Å². The molecule has 2 nitrogen and oxygen atoms in total. The van der Waals surface area contributed by atoms with Crippen LogP contribution in [0.15, 0.2) is 18.2 Å². The Kier molecular flexibility index (Phi) is 4.08.